The highest BCUT2D eigenvalue weighted by molar-refractivity contribution is 5.74. The number of urea groups is 1. The maximum absolute atomic E-state index is 11.4. The van der Waals surface area contributed by atoms with Gasteiger partial charge in [0.15, 0.2) is 0 Å². The molecule has 0 aromatic rings. The van der Waals surface area contributed by atoms with Gasteiger partial charge in [-0.3, -0.25) is 4.79 Å². The second-order valence-corrected chi connectivity index (χ2v) is 4.25. The molecule has 1 aliphatic heterocycles. The molecule has 0 radical (unpaired) electrons. The van der Waals surface area contributed by atoms with Crippen molar-refractivity contribution in [3.8, 4) is 0 Å². The molecule has 1 rings (SSSR count). The Balaban J connectivity index is 2.14. The zero-order chi connectivity index (χ0) is 12.7. The van der Waals surface area contributed by atoms with E-state index in [4.69, 9.17) is 5.11 Å². The number of amides is 2. The van der Waals surface area contributed by atoms with Crippen LogP contribution in [0.2, 0.25) is 0 Å². The van der Waals surface area contributed by atoms with Crippen molar-refractivity contribution in [3.05, 3.63) is 0 Å². The summed E-state index contributed by atoms with van der Waals surface area (Å²) in [7, 11) is 1.65. The Morgan fingerprint density at radius 1 is 1.59 bits per heavy atom. The summed E-state index contributed by atoms with van der Waals surface area (Å²) in [4.78, 5) is 23.9. The number of carbonyl (C=O) groups is 2. The van der Waals surface area contributed by atoms with Crippen LogP contribution in [0.3, 0.4) is 0 Å². The summed E-state index contributed by atoms with van der Waals surface area (Å²) in [5.41, 5.74) is 0. The summed E-state index contributed by atoms with van der Waals surface area (Å²) in [6, 6.07) is -0.482. The van der Waals surface area contributed by atoms with Crippen molar-refractivity contribution in [2.75, 3.05) is 26.7 Å². The van der Waals surface area contributed by atoms with E-state index in [0.29, 0.717) is 13.0 Å². The molecule has 0 bridgehead atoms. The minimum absolute atomic E-state index is 0.000323. The quantitative estimate of drug-likeness (QED) is 0.560. The first-order valence-electron chi connectivity index (χ1n) is 6.08. The molecule has 1 heterocycles. The highest BCUT2D eigenvalue weighted by Gasteiger charge is 2.17. The summed E-state index contributed by atoms with van der Waals surface area (Å²) in [5.74, 6) is -0.816. The predicted octanol–water partition coefficient (Wildman–Crippen LogP) is 0.245. The van der Waals surface area contributed by atoms with Gasteiger partial charge in [0.05, 0.1) is 0 Å². The fraction of sp³-hybridized carbons (Fsp3) is 0.818. The van der Waals surface area contributed by atoms with Crippen LogP contribution < -0.4 is 10.6 Å². The molecular formula is C11H21N3O3. The Morgan fingerprint density at radius 3 is 2.94 bits per heavy atom. The van der Waals surface area contributed by atoms with Crippen LogP contribution in [0.15, 0.2) is 0 Å². The summed E-state index contributed by atoms with van der Waals surface area (Å²) in [5, 5.41) is 14.4. The SMILES string of the molecule is CN[C@@H](CCCCN1CCCNC1=O)C(=O)O. The summed E-state index contributed by atoms with van der Waals surface area (Å²) < 4.78 is 0. The molecule has 0 saturated carbocycles. The van der Waals surface area contributed by atoms with E-state index in [2.05, 4.69) is 10.6 Å². The van der Waals surface area contributed by atoms with E-state index in [1.165, 1.54) is 0 Å². The number of hydrogen-bond acceptors (Lipinski definition) is 3. The maximum Gasteiger partial charge on any atom is 0.320 e. The van der Waals surface area contributed by atoms with Crippen LogP contribution in [-0.4, -0.2) is 54.7 Å². The molecule has 6 nitrogen and oxygen atoms in total. The fourth-order valence-electron chi connectivity index (χ4n) is 1.93. The number of nitrogens with one attached hydrogen (secondary N) is 2. The second-order valence-electron chi connectivity index (χ2n) is 4.25. The Hall–Kier alpha value is -1.30. The van der Waals surface area contributed by atoms with Gasteiger partial charge in [0.1, 0.15) is 6.04 Å². The number of aliphatic carboxylic acids is 1. The summed E-state index contributed by atoms with van der Waals surface area (Å²) in [6.45, 7) is 2.28. The van der Waals surface area contributed by atoms with Gasteiger partial charge in [-0.25, -0.2) is 4.79 Å². The van der Waals surface area contributed by atoms with Crippen LogP contribution in [0.25, 0.3) is 0 Å². The van der Waals surface area contributed by atoms with Crippen molar-refractivity contribution < 1.29 is 14.7 Å². The molecule has 1 aliphatic rings. The van der Waals surface area contributed by atoms with E-state index in [9.17, 15) is 9.59 Å². The minimum Gasteiger partial charge on any atom is -0.480 e. The molecule has 17 heavy (non-hydrogen) atoms. The van der Waals surface area contributed by atoms with Gasteiger partial charge in [0, 0.05) is 19.6 Å². The normalized spacial score (nSPS) is 17.7. The standard InChI is InChI=1S/C11H21N3O3/c1-12-9(10(15)16)5-2-3-7-14-8-4-6-13-11(14)17/h9,12H,2-8H2,1H3,(H,13,17)(H,15,16)/t9-/m0/s1. The van der Waals surface area contributed by atoms with Crippen LogP contribution in [0, 0.1) is 0 Å². The summed E-state index contributed by atoms with van der Waals surface area (Å²) in [6.07, 6.45) is 3.24. The molecule has 0 spiro atoms. The highest BCUT2D eigenvalue weighted by Crippen LogP contribution is 2.05. The molecule has 3 N–H and O–H groups in total. The Morgan fingerprint density at radius 2 is 2.35 bits per heavy atom. The zero-order valence-corrected chi connectivity index (χ0v) is 10.2. The van der Waals surface area contributed by atoms with Crippen molar-refractivity contribution in [1.29, 1.82) is 0 Å². The number of carbonyl (C=O) groups excluding carboxylic acids is 1. The van der Waals surface area contributed by atoms with Gasteiger partial charge in [-0.2, -0.15) is 0 Å². The van der Waals surface area contributed by atoms with Crippen molar-refractivity contribution in [1.82, 2.24) is 15.5 Å². The molecule has 98 valence electrons. The molecule has 0 aromatic heterocycles. The van der Waals surface area contributed by atoms with Gasteiger partial charge in [-0.1, -0.05) is 0 Å². The summed E-state index contributed by atoms with van der Waals surface area (Å²) >= 11 is 0. The third kappa shape index (κ3) is 4.60. The van der Waals surface area contributed by atoms with Gasteiger partial charge in [-0.15, -0.1) is 0 Å². The van der Waals surface area contributed by atoms with Crippen molar-refractivity contribution >= 4 is 12.0 Å². The number of nitrogens with zero attached hydrogens (tertiary/aromatic N) is 1. The lowest BCUT2D eigenvalue weighted by Gasteiger charge is -2.27. The first kappa shape index (κ1) is 13.8. The lowest BCUT2D eigenvalue weighted by molar-refractivity contribution is -0.139. The average Bonchev–Trinajstić information content (AvgIpc) is 2.31. The molecule has 1 saturated heterocycles. The van der Waals surface area contributed by atoms with E-state index in [0.717, 1.165) is 32.4 Å². The van der Waals surface area contributed by atoms with Gasteiger partial charge >= 0.3 is 12.0 Å². The average molecular weight is 243 g/mol. The molecule has 1 atom stereocenters. The number of carboxylic acids is 1. The fourth-order valence-corrected chi connectivity index (χ4v) is 1.93. The molecule has 1 fully saturated rings. The largest absolute Gasteiger partial charge is 0.480 e. The second kappa shape index (κ2) is 7.11. The number of carboxylic acid groups (broad SMARTS) is 1. The van der Waals surface area contributed by atoms with E-state index in [1.807, 2.05) is 0 Å². The first-order valence-corrected chi connectivity index (χ1v) is 6.08. The molecule has 2 amide bonds. The van der Waals surface area contributed by atoms with Crippen LogP contribution >= 0.6 is 0 Å². The lowest BCUT2D eigenvalue weighted by Crippen LogP contribution is -2.46. The van der Waals surface area contributed by atoms with Gasteiger partial charge in [0.2, 0.25) is 0 Å². The number of likely N-dealkylation sites (N-methyl/N-ethyl adjacent to an activating group) is 1. The van der Waals surface area contributed by atoms with Crippen molar-refractivity contribution in [3.63, 3.8) is 0 Å². The Bertz CT molecular complexity index is 271. The third-order valence-corrected chi connectivity index (χ3v) is 2.99. The number of rotatable bonds is 7. The van der Waals surface area contributed by atoms with Crippen LogP contribution in [0.5, 0.6) is 0 Å². The minimum atomic E-state index is -0.816. The molecule has 0 aliphatic carbocycles. The Labute approximate surface area is 101 Å². The molecule has 0 unspecified atom stereocenters. The first-order chi connectivity index (χ1) is 8.15. The molecule has 6 heteroatoms. The Kier molecular flexibility index (Phi) is 5.76. The number of hydrogen-bond donors (Lipinski definition) is 3. The molecular weight excluding hydrogens is 222 g/mol. The van der Waals surface area contributed by atoms with E-state index >= 15 is 0 Å². The van der Waals surface area contributed by atoms with Crippen LogP contribution in [0.4, 0.5) is 4.79 Å². The van der Waals surface area contributed by atoms with Crippen LogP contribution in [-0.2, 0) is 4.79 Å². The van der Waals surface area contributed by atoms with Gasteiger partial charge in [0.25, 0.3) is 0 Å². The monoisotopic (exact) mass is 243 g/mol. The van der Waals surface area contributed by atoms with Crippen LogP contribution in [0.1, 0.15) is 25.7 Å². The highest BCUT2D eigenvalue weighted by atomic mass is 16.4. The van der Waals surface area contributed by atoms with E-state index < -0.39 is 12.0 Å². The smallest absolute Gasteiger partial charge is 0.320 e. The molecule has 0 aromatic carbocycles. The van der Waals surface area contributed by atoms with Crippen molar-refractivity contribution in [2.24, 2.45) is 0 Å². The lowest BCUT2D eigenvalue weighted by atomic mass is 10.1. The van der Waals surface area contributed by atoms with Crippen molar-refractivity contribution in [2.45, 2.75) is 31.7 Å². The van der Waals surface area contributed by atoms with E-state index in [1.54, 1.807) is 11.9 Å². The zero-order valence-electron chi connectivity index (χ0n) is 10.2. The van der Waals surface area contributed by atoms with Gasteiger partial charge in [-0.05, 0) is 32.7 Å². The van der Waals surface area contributed by atoms with Gasteiger partial charge < -0.3 is 20.6 Å². The topological polar surface area (TPSA) is 81.7 Å². The number of unbranched alkanes of at least 4 members (excludes halogenated alkanes) is 1. The predicted molar refractivity (Wildman–Crippen MR) is 63.9 cm³/mol. The van der Waals surface area contributed by atoms with E-state index in [-0.39, 0.29) is 6.03 Å². The maximum atomic E-state index is 11.4. The third-order valence-electron chi connectivity index (χ3n) is 2.99.